The summed E-state index contributed by atoms with van der Waals surface area (Å²) >= 11 is 0. The first-order valence-electron chi connectivity index (χ1n) is 10.3. The van der Waals surface area contributed by atoms with Crippen molar-refractivity contribution >= 4 is 17.2 Å². The summed E-state index contributed by atoms with van der Waals surface area (Å²) < 4.78 is 22.2. The molecule has 3 aromatic heterocycles. The molecule has 3 aromatic rings. The van der Waals surface area contributed by atoms with E-state index in [1.807, 2.05) is 19.3 Å². The lowest BCUT2D eigenvalue weighted by Crippen LogP contribution is -2.54. The summed E-state index contributed by atoms with van der Waals surface area (Å²) in [7, 11) is 2.00. The second-order valence-electron chi connectivity index (χ2n) is 8.74. The van der Waals surface area contributed by atoms with Crippen LogP contribution in [0.3, 0.4) is 0 Å². The fourth-order valence-electron chi connectivity index (χ4n) is 4.76. The van der Waals surface area contributed by atoms with Gasteiger partial charge in [0.05, 0.1) is 29.0 Å². The van der Waals surface area contributed by atoms with Gasteiger partial charge in [0, 0.05) is 24.5 Å². The number of aromatic nitrogens is 4. The van der Waals surface area contributed by atoms with Crippen LogP contribution in [0.1, 0.15) is 43.2 Å². The highest BCUT2D eigenvalue weighted by Gasteiger charge is 2.51. The Kier molecular flexibility index (Phi) is 3.50. The molecule has 2 spiro atoms. The number of ether oxygens (including phenoxy) is 1. The molecule has 1 N–H and O–H groups in total. The normalized spacial score (nSPS) is 21.3. The van der Waals surface area contributed by atoms with Crippen molar-refractivity contribution in [3.05, 3.63) is 54.2 Å². The van der Waals surface area contributed by atoms with Crippen LogP contribution in [0.25, 0.3) is 11.3 Å². The third-order valence-electron chi connectivity index (χ3n) is 6.92. The van der Waals surface area contributed by atoms with Crippen LogP contribution in [0.4, 0.5) is 10.2 Å². The first kappa shape index (κ1) is 17.7. The van der Waals surface area contributed by atoms with Crippen molar-refractivity contribution in [3.63, 3.8) is 0 Å². The minimum absolute atomic E-state index is 0.215. The molecule has 7 nitrogen and oxygen atoms in total. The Bertz CT molecular complexity index is 1180. The zero-order valence-corrected chi connectivity index (χ0v) is 16.9. The standard InChI is InChI=1S/C22H23FN6O/c1-14-16-12-25-29-9-4-18(26-19(16)29)28(2)22(7-8-22)17-10-15(23)11-24-20(17)30-13-21(27-14)5-3-6-21/h4,9-12,27H,1,3,5-8,13H2,2H3. The molecular weight excluding hydrogens is 383 g/mol. The van der Waals surface area contributed by atoms with Gasteiger partial charge >= 0.3 is 0 Å². The summed E-state index contributed by atoms with van der Waals surface area (Å²) in [4.78, 5) is 11.3. The summed E-state index contributed by atoms with van der Waals surface area (Å²) in [5.74, 6) is 0.942. The Morgan fingerprint density at radius 1 is 1.23 bits per heavy atom. The van der Waals surface area contributed by atoms with Crippen LogP contribution < -0.4 is 15.0 Å². The molecule has 8 heteroatoms. The minimum Gasteiger partial charge on any atom is -0.475 e. The summed E-state index contributed by atoms with van der Waals surface area (Å²) in [6.45, 7) is 4.72. The fraction of sp³-hybridized carbons (Fsp3) is 0.409. The second-order valence-corrected chi connectivity index (χ2v) is 8.74. The SMILES string of the molecule is C=C1NC2(CCC2)COc2ncc(F)cc2C2(CC2)N(C)c2ccn3ncc1c3n2. The Morgan fingerprint density at radius 2 is 2.07 bits per heavy atom. The molecule has 2 saturated carbocycles. The Morgan fingerprint density at radius 3 is 2.80 bits per heavy atom. The maximum Gasteiger partial charge on any atom is 0.219 e. The van der Waals surface area contributed by atoms with Gasteiger partial charge in [0.2, 0.25) is 5.88 Å². The number of nitrogens with zero attached hydrogens (tertiary/aromatic N) is 5. The highest BCUT2D eigenvalue weighted by atomic mass is 19.1. The van der Waals surface area contributed by atoms with Crippen LogP contribution >= 0.6 is 0 Å². The summed E-state index contributed by atoms with van der Waals surface area (Å²) in [6, 6.07) is 3.49. The molecule has 2 bridgehead atoms. The third-order valence-corrected chi connectivity index (χ3v) is 6.92. The highest BCUT2D eigenvalue weighted by molar-refractivity contribution is 5.74. The lowest BCUT2D eigenvalue weighted by Gasteiger charge is -2.43. The largest absolute Gasteiger partial charge is 0.475 e. The molecule has 2 fully saturated rings. The van der Waals surface area contributed by atoms with Crippen LogP contribution in [-0.4, -0.2) is 38.8 Å². The van der Waals surface area contributed by atoms with Crippen molar-refractivity contribution < 1.29 is 9.13 Å². The zero-order valence-electron chi connectivity index (χ0n) is 16.9. The number of rotatable bonds is 0. The predicted octanol–water partition coefficient (Wildman–Crippen LogP) is 3.26. The smallest absolute Gasteiger partial charge is 0.219 e. The lowest BCUT2D eigenvalue weighted by molar-refractivity contribution is 0.115. The molecule has 0 saturated heterocycles. The monoisotopic (exact) mass is 406 g/mol. The molecule has 0 amide bonds. The second kappa shape index (κ2) is 5.93. The number of halogens is 1. The number of fused-ring (bicyclic) bond motifs is 3. The molecular formula is C22H23FN6O. The molecule has 2 aliphatic carbocycles. The van der Waals surface area contributed by atoms with Gasteiger partial charge in [-0.15, -0.1) is 0 Å². The van der Waals surface area contributed by atoms with Crippen LogP contribution in [0.15, 0.2) is 37.3 Å². The zero-order chi connectivity index (χ0) is 20.5. The maximum atomic E-state index is 14.2. The first-order valence-corrected chi connectivity index (χ1v) is 10.3. The molecule has 4 heterocycles. The quantitative estimate of drug-likeness (QED) is 0.618. The number of anilines is 1. The van der Waals surface area contributed by atoms with E-state index in [1.165, 1.54) is 6.20 Å². The van der Waals surface area contributed by atoms with E-state index in [1.54, 1.807) is 16.8 Å². The molecule has 0 radical (unpaired) electrons. The van der Waals surface area contributed by atoms with E-state index in [0.29, 0.717) is 12.5 Å². The van der Waals surface area contributed by atoms with Gasteiger partial charge in [0.25, 0.3) is 0 Å². The van der Waals surface area contributed by atoms with E-state index >= 15 is 0 Å². The van der Waals surface area contributed by atoms with Crippen LogP contribution in [0.5, 0.6) is 5.88 Å². The first-order chi connectivity index (χ1) is 14.5. The number of nitrogens with one attached hydrogen (secondary N) is 1. The Labute approximate surface area is 173 Å². The number of pyridine rings is 1. The molecule has 3 aliphatic rings. The van der Waals surface area contributed by atoms with Gasteiger partial charge in [0.1, 0.15) is 18.2 Å². The van der Waals surface area contributed by atoms with Gasteiger partial charge in [-0.3, -0.25) is 0 Å². The van der Waals surface area contributed by atoms with E-state index in [-0.39, 0.29) is 16.9 Å². The molecule has 0 aromatic carbocycles. The van der Waals surface area contributed by atoms with Gasteiger partial charge in [-0.1, -0.05) is 6.58 Å². The van der Waals surface area contributed by atoms with Gasteiger partial charge < -0.3 is 15.0 Å². The van der Waals surface area contributed by atoms with Crippen molar-refractivity contribution in [2.45, 2.75) is 43.2 Å². The van der Waals surface area contributed by atoms with Crippen molar-refractivity contribution in [1.29, 1.82) is 0 Å². The molecule has 154 valence electrons. The van der Waals surface area contributed by atoms with Gasteiger partial charge in [-0.25, -0.2) is 18.9 Å². The van der Waals surface area contributed by atoms with Crippen LogP contribution in [0, 0.1) is 5.82 Å². The molecule has 0 atom stereocenters. The van der Waals surface area contributed by atoms with Gasteiger partial charge in [-0.2, -0.15) is 5.10 Å². The van der Waals surface area contributed by atoms with Crippen molar-refractivity contribution in [1.82, 2.24) is 24.9 Å². The van der Waals surface area contributed by atoms with Gasteiger partial charge in [-0.05, 0) is 44.2 Å². The number of hydrogen-bond acceptors (Lipinski definition) is 6. The fourth-order valence-corrected chi connectivity index (χ4v) is 4.76. The van der Waals surface area contributed by atoms with E-state index in [4.69, 9.17) is 9.72 Å². The van der Waals surface area contributed by atoms with Crippen molar-refractivity contribution in [2.24, 2.45) is 0 Å². The summed E-state index contributed by atoms with van der Waals surface area (Å²) in [5, 5.41) is 8.03. The van der Waals surface area contributed by atoms with E-state index in [2.05, 4.69) is 26.9 Å². The van der Waals surface area contributed by atoms with Crippen molar-refractivity contribution in [3.8, 4) is 5.88 Å². The third kappa shape index (κ3) is 2.45. The molecule has 0 unspecified atom stereocenters. The average molecular weight is 406 g/mol. The highest BCUT2D eigenvalue weighted by Crippen LogP contribution is 2.54. The van der Waals surface area contributed by atoms with Crippen molar-refractivity contribution in [2.75, 3.05) is 18.6 Å². The summed E-state index contributed by atoms with van der Waals surface area (Å²) in [5.41, 5.74) is 2.61. The molecule has 1 aliphatic heterocycles. The summed E-state index contributed by atoms with van der Waals surface area (Å²) in [6.07, 6.45) is 9.79. The van der Waals surface area contributed by atoms with Crippen LogP contribution in [0.2, 0.25) is 0 Å². The molecule has 30 heavy (non-hydrogen) atoms. The Hall–Kier alpha value is -3.16. The molecule has 6 rings (SSSR count). The lowest BCUT2D eigenvalue weighted by atomic mass is 9.77. The predicted molar refractivity (Wildman–Crippen MR) is 111 cm³/mol. The minimum atomic E-state index is -0.374. The van der Waals surface area contributed by atoms with Gasteiger partial charge in [0.15, 0.2) is 5.65 Å². The number of hydrogen-bond donors (Lipinski definition) is 1. The van der Waals surface area contributed by atoms with E-state index in [0.717, 1.165) is 60.4 Å². The maximum absolute atomic E-state index is 14.2. The Balaban J connectivity index is 1.55. The van der Waals surface area contributed by atoms with E-state index < -0.39 is 0 Å². The van der Waals surface area contributed by atoms with E-state index in [9.17, 15) is 4.39 Å². The average Bonchev–Trinajstić information content (AvgIpc) is 3.41. The van der Waals surface area contributed by atoms with Crippen LogP contribution in [-0.2, 0) is 5.54 Å². The topological polar surface area (TPSA) is 67.6 Å².